The van der Waals surface area contributed by atoms with Gasteiger partial charge in [0, 0.05) is 37.1 Å². The van der Waals surface area contributed by atoms with Crippen LogP contribution in [0.5, 0.6) is 0 Å². The molecule has 0 fully saturated rings. The predicted molar refractivity (Wildman–Crippen MR) is 122 cm³/mol. The van der Waals surface area contributed by atoms with E-state index in [9.17, 15) is 4.79 Å². The first kappa shape index (κ1) is 20.8. The lowest BCUT2D eigenvalue weighted by atomic mass is 10.0. The van der Waals surface area contributed by atoms with Gasteiger partial charge in [-0.25, -0.2) is 9.98 Å². The standard InChI is InChI=1S/C22H30N6O/c1-8-27(9-2)16-10-11-17(18(12-16)23-7)25-20-15(6)26-28-21(20)24-14(5)19(13(3)4)22(28)29/h10-13,23H,8-9H2,1-7H3. The number of nitrogens with zero attached hydrogens (tertiary/aromatic N) is 5. The molecule has 0 aliphatic carbocycles. The van der Waals surface area contributed by atoms with Crippen molar-refractivity contribution in [1.82, 2.24) is 9.66 Å². The molecule has 7 nitrogen and oxygen atoms in total. The van der Waals surface area contributed by atoms with Crippen LogP contribution in [0.3, 0.4) is 0 Å². The van der Waals surface area contributed by atoms with Crippen molar-refractivity contribution in [2.45, 2.75) is 47.5 Å². The first-order valence-electron chi connectivity index (χ1n) is 10.2. The van der Waals surface area contributed by atoms with Crippen LogP contribution in [0.25, 0.3) is 0 Å². The third kappa shape index (κ3) is 3.69. The molecule has 0 saturated carbocycles. The van der Waals surface area contributed by atoms with E-state index in [1.54, 1.807) is 0 Å². The van der Waals surface area contributed by atoms with Gasteiger partial charge in [0.2, 0.25) is 0 Å². The Morgan fingerprint density at radius 1 is 1.21 bits per heavy atom. The van der Waals surface area contributed by atoms with Crippen LogP contribution in [-0.2, 0) is 0 Å². The average Bonchev–Trinajstić information content (AvgIpc) is 2.99. The summed E-state index contributed by atoms with van der Waals surface area (Å²) in [6, 6.07) is 6.17. The summed E-state index contributed by atoms with van der Waals surface area (Å²) < 4.78 is 1.39. The number of anilines is 2. The molecule has 154 valence electrons. The van der Waals surface area contributed by atoms with Gasteiger partial charge in [-0.2, -0.15) is 9.78 Å². The second-order valence-electron chi connectivity index (χ2n) is 7.48. The molecule has 0 saturated heterocycles. The Bertz CT molecular complexity index is 1040. The van der Waals surface area contributed by atoms with Crippen molar-refractivity contribution in [2.24, 2.45) is 10.1 Å². The smallest absolute Gasteiger partial charge is 0.278 e. The predicted octanol–water partition coefficient (Wildman–Crippen LogP) is 3.92. The van der Waals surface area contributed by atoms with Gasteiger partial charge in [-0.1, -0.05) is 13.8 Å². The Morgan fingerprint density at radius 2 is 1.90 bits per heavy atom. The largest absolute Gasteiger partial charge is 0.386 e. The highest BCUT2D eigenvalue weighted by Crippen LogP contribution is 2.31. The van der Waals surface area contributed by atoms with Crippen LogP contribution in [0.1, 0.15) is 57.6 Å². The van der Waals surface area contributed by atoms with E-state index in [-0.39, 0.29) is 11.5 Å². The van der Waals surface area contributed by atoms with Crippen LogP contribution >= 0.6 is 0 Å². The van der Waals surface area contributed by atoms with E-state index in [2.05, 4.69) is 46.3 Å². The highest BCUT2D eigenvalue weighted by molar-refractivity contribution is 6.48. The monoisotopic (exact) mass is 394 g/mol. The van der Waals surface area contributed by atoms with Crippen molar-refractivity contribution in [2.75, 3.05) is 30.4 Å². The Morgan fingerprint density at radius 3 is 2.48 bits per heavy atom. The lowest BCUT2D eigenvalue weighted by Gasteiger charge is -2.22. The van der Waals surface area contributed by atoms with Gasteiger partial charge < -0.3 is 10.2 Å². The van der Waals surface area contributed by atoms with E-state index in [4.69, 9.17) is 4.99 Å². The number of hydrogen-bond acceptors (Lipinski definition) is 6. The summed E-state index contributed by atoms with van der Waals surface area (Å²) in [4.78, 5) is 24.7. The summed E-state index contributed by atoms with van der Waals surface area (Å²) in [5.41, 5.74) is 5.50. The SMILES string of the molecule is CCN(CC)c1ccc(N=C2C(C)=Nn3c2nc(C)c(C(C)C)c3=O)c(NC)c1. The molecule has 1 aliphatic rings. The summed E-state index contributed by atoms with van der Waals surface area (Å²) >= 11 is 0. The maximum atomic E-state index is 12.9. The number of aliphatic imine (C=N–C) groups is 1. The number of aromatic nitrogens is 2. The first-order valence-corrected chi connectivity index (χ1v) is 10.2. The molecule has 0 atom stereocenters. The molecule has 0 unspecified atom stereocenters. The van der Waals surface area contributed by atoms with Crippen LogP contribution < -0.4 is 15.8 Å². The van der Waals surface area contributed by atoms with Crippen molar-refractivity contribution in [3.05, 3.63) is 45.6 Å². The number of nitrogens with one attached hydrogen (secondary N) is 1. The van der Waals surface area contributed by atoms with Crippen LogP contribution in [0.2, 0.25) is 0 Å². The van der Waals surface area contributed by atoms with Crippen molar-refractivity contribution in [1.29, 1.82) is 0 Å². The molecule has 7 heteroatoms. The summed E-state index contributed by atoms with van der Waals surface area (Å²) in [5, 5.41) is 7.68. The fourth-order valence-corrected chi connectivity index (χ4v) is 3.76. The van der Waals surface area contributed by atoms with E-state index < -0.39 is 0 Å². The molecular weight excluding hydrogens is 364 g/mol. The molecule has 1 aliphatic heterocycles. The molecule has 1 aromatic heterocycles. The Balaban J connectivity index is 2.12. The summed E-state index contributed by atoms with van der Waals surface area (Å²) in [5.74, 6) is 0.595. The van der Waals surface area contributed by atoms with Gasteiger partial charge in [0.05, 0.1) is 17.1 Å². The van der Waals surface area contributed by atoms with Gasteiger partial charge in [-0.15, -0.1) is 0 Å². The quantitative estimate of drug-likeness (QED) is 0.806. The summed E-state index contributed by atoms with van der Waals surface area (Å²) in [7, 11) is 1.89. The van der Waals surface area contributed by atoms with Crippen LogP contribution in [-0.4, -0.2) is 41.2 Å². The van der Waals surface area contributed by atoms with E-state index in [1.165, 1.54) is 4.68 Å². The zero-order valence-electron chi connectivity index (χ0n) is 18.4. The highest BCUT2D eigenvalue weighted by atomic mass is 16.1. The summed E-state index contributed by atoms with van der Waals surface area (Å²) in [6.07, 6.45) is 0. The third-order valence-electron chi connectivity index (χ3n) is 5.28. The Hall–Kier alpha value is -2.96. The van der Waals surface area contributed by atoms with Crippen molar-refractivity contribution >= 4 is 28.5 Å². The Kier molecular flexibility index (Phi) is 5.86. The molecule has 0 radical (unpaired) electrons. The zero-order valence-corrected chi connectivity index (χ0v) is 18.4. The van der Waals surface area contributed by atoms with Crippen LogP contribution in [0, 0.1) is 6.92 Å². The topological polar surface area (TPSA) is 74.9 Å². The molecule has 0 spiro atoms. The second kappa shape index (κ2) is 8.19. The summed E-state index contributed by atoms with van der Waals surface area (Å²) in [6.45, 7) is 13.9. The van der Waals surface area contributed by atoms with Gasteiger partial charge in [0.1, 0.15) is 5.71 Å². The second-order valence-corrected chi connectivity index (χ2v) is 7.48. The number of hydrogen-bond donors (Lipinski definition) is 1. The minimum atomic E-state index is -0.113. The highest BCUT2D eigenvalue weighted by Gasteiger charge is 2.26. The lowest BCUT2D eigenvalue weighted by molar-refractivity contribution is 0.728. The van der Waals surface area contributed by atoms with Gasteiger partial charge in [0.15, 0.2) is 5.82 Å². The molecule has 2 heterocycles. The van der Waals surface area contributed by atoms with E-state index in [0.29, 0.717) is 22.8 Å². The van der Waals surface area contributed by atoms with Crippen molar-refractivity contribution in [3.63, 3.8) is 0 Å². The van der Waals surface area contributed by atoms with Crippen molar-refractivity contribution < 1.29 is 0 Å². The number of aryl methyl sites for hydroxylation is 1. The fourth-order valence-electron chi connectivity index (χ4n) is 3.76. The third-order valence-corrected chi connectivity index (χ3v) is 5.28. The van der Waals surface area contributed by atoms with E-state index >= 15 is 0 Å². The lowest BCUT2D eigenvalue weighted by Crippen LogP contribution is -2.27. The molecule has 2 aromatic rings. The van der Waals surface area contributed by atoms with Gasteiger partial charge in [0.25, 0.3) is 5.56 Å². The average molecular weight is 395 g/mol. The van der Waals surface area contributed by atoms with Gasteiger partial charge >= 0.3 is 0 Å². The van der Waals surface area contributed by atoms with Crippen LogP contribution in [0.4, 0.5) is 17.1 Å². The molecule has 0 bridgehead atoms. The van der Waals surface area contributed by atoms with Gasteiger partial charge in [-0.3, -0.25) is 4.79 Å². The number of benzene rings is 1. The van der Waals surface area contributed by atoms with Gasteiger partial charge in [-0.05, 0) is 51.8 Å². The molecule has 1 N–H and O–H groups in total. The van der Waals surface area contributed by atoms with Crippen molar-refractivity contribution in [3.8, 4) is 0 Å². The Labute approximate surface area is 172 Å². The van der Waals surface area contributed by atoms with E-state index in [1.807, 2.05) is 40.8 Å². The molecule has 29 heavy (non-hydrogen) atoms. The first-order chi connectivity index (χ1) is 13.8. The molecule has 3 rings (SSSR count). The number of rotatable bonds is 6. The number of fused-ring (bicyclic) bond motifs is 1. The zero-order chi connectivity index (χ0) is 21.3. The normalized spacial score (nSPS) is 14.3. The minimum absolute atomic E-state index is 0.0906. The van der Waals surface area contributed by atoms with E-state index in [0.717, 1.165) is 35.8 Å². The molecule has 1 aromatic carbocycles. The molecular formula is C22H30N6O. The molecule has 0 amide bonds. The maximum absolute atomic E-state index is 12.9. The fraction of sp³-hybridized carbons (Fsp3) is 0.455. The maximum Gasteiger partial charge on any atom is 0.278 e. The van der Waals surface area contributed by atoms with Crippen LogP contribution in [0.15, 0.2) is 33.1 Å². The minimum Gasteiger partial charge on any atom is -0.386 e.